The summed E-state index contributed by atoms with van der Waals surface area (Å²) in [5.41, 5.74) is 11.1. The average molecular weight is 579 g/mol. The van der Waals surface area contributed by atoms with E-state index in [4.69, 9.17) is 4.98 Å². The maximum absolute atomic E-state index is 5.17. The Morgan fingerprint density at radius 3 is 2.31 bits per heavy atom. The fraction of sp³-hybridized carbons (Fsp3) is 0.0732. The standard InChI is InChI=1S/C41H30N4/c1-41-26-9-8-16-34(41)31-13-3-2-12-30(31)32-14-4-6-19-38(32)45(41)29-24-22-28(23-25-29)40-43-36-17-5-7-20-39(36)44(40)37-21-10-18-35-33(37)15-11-27-42-35/h2-27,34H,1H3. The van der Waals surface area contributed by atoms with Crippen molar-refractivity contribution in [1.82, 2.24) is 14.5 Å². The fourth-order valence-corrected chi connectivity index (χ4v) is 7.45. The van der Waals surface area contributed by atoms with Crippen LogP contribution in [0.25, 0.3) is 50.1 Å². The number of hydrogen-bond donors (Lipinski definition) is 0. The highest BCUT2D eigenvalue weighted by molar-refractivity contribution is 5.93. The number of rotatable bonds is 3. The molecule has 45 heavy (non-hydrogen) atoms. The summed E-state index contributed by atoms with van der Waals surface area (Å²) in [5, 5.41) is 1.10. The second kappa shape index (κ2) is 9.90. The summed E-state index contributed by atoms with van der Waals surface area (Å²) >= 11 is 0. The lowest BCUT2D eigenvalue weighted by molar-refractivity contribution is 0.510. The molecule has 0 saturated heterocycles. The van der Waals surface area contributed by atoms with E-state index < -0.39 is 0 Å². The zero-order valence-corrected chi connectivity index (χ0v) is 24.9. The molecule has 3 heterocycles. The van der Waals surface area contributed by atoms with Crippen molar-refractivity contribution in [3.8, 4) is 28.2 Å². The Kier molecular flexibility index (Phi) is 5.66. The predicted octanol–water partition coefficient (Wildman–Crippen LogP) is 10.0. The molecule has 4 heteroatoms. The number of anilines is 2. The van der Waals surface area contributed by atoms with Gasteiger partial charge < -0.3 is 4.90 Å². The molecular formula is C41H30N4. The Morgan fingerprint density at radius 1 is 0.644 bits per heavy atom. The Balaban J connectivity index is 1.23. The maximum Gasteiger partial charge on any atom is 0.145 e. The first kappa shape index (κ1) is 25.7. The molecule has 0 spiro atoms. The van der Waals surface area contributed by atoms with Crippen LogP contribution in [-0.4, -0.2) is 20.1 Å². The van der Waals surface area contributed by atoms with Crippen LogP contribution in [0.3, 0.4) is 0 Å². The largest absolute Gasteiger partial charge is 0.331 e. The van der Waals surface area contributed by atoms with Gasteiger partial charge >= 0.3 is 0 Å². The first-order valence-corrected chi connectivity index (χ1v) is 15.5. The minimum absolute atomic E-state index is 0.190. The Morgan fingerprint density at radius 2 is 1.40 bits per heavy atom. The third-order valence-corrected chi connectivity index (χ3v) is 9.50. The molecule has 0 N–H and O–H groups in total. The minimum atomic E-state index is -0.303. The van der Waals surface area contributed by atoms with Crippen LogP contribution in [0, 0.1) is 0 Å². The molecule has 0 amide bonds. The normalized spacial score (nSPS) is 18.4. The van der Waals surface area contributed by atoms with Gasteiger partial charge in [0.1, 0.15) is 5.82 Å². The van der Waals surface area contributed by atoms with Crippen LogP contribution in [0.5, 0.6) is 0 Å². The van der Waals surface area contributed by atoms with Gasteiger partial charge in [-0.25, -0.2) is 4.98 Å². The summed E-state index contributed by atoms with van der Waals surface area (Å²) < 4.78 is 2.28. The summed E-state index contributed by atoms with van der Waals surface area (Å²) in [5.74, 6) is 1.10. The summed E-state index contributed by atoms with van der Waals surface area (Å²) in [6.07, 6.45) is 10.9. The molecule has 7 aromatic rings. The molecule has 2 aliphatic rings. The maximum atomic E-state index is 5.17. The van der Waals surface area contributed by atoms with E-state index in [-0.39, 0.29) is 11.5 Å². The molecule has 5 aromatic carbocycles. The Labute approximate surface area is 262 Å². The zero-order chi connectivity index (χ0) is 30.0. The second-order valence-electron chi connectivity index (χ2n) is 12.0. The third kappa shape index (κ3) is 3.85. The van der Waals surface area contributed by atoms with Gasteiger partial charge in [-0.05, 0) is 84.8 Å². The van der Waals surface area contributed by atoms with E-state index in [1.54, 1.807) is 0 Å². The zero-order valence-electron chi connectivity index (χ0n) is 24.9. The van der Waals surface area contributed by atoms with Crippen molar-refractivity contribution in [2.24, 2.45) is 0 Å². The van der Waals surface area contributed by atoms with E-state index >= 15 is 0 Å². The Hall–Kier alpha value is -5.74. The van der Waals surface area contributed by atoms with Gasteiger partial charge in [-0.2, -0.15) is 0 Å². The number of imidazole rings is 1. The highest BCUT2D eigenvalue weighted by Gasteiger charge is 2.43. The van der Waals surface area contributed by atoms with Gasteiger partial charge in [-0.1, -0.05) is 85.0 Å². The number of hydrogen-bond acceptors (Lipinski definition) is 3. The molecule has 214 valence electrons. The van der Waals surface area contributed by atoms with Crippen LogP contribution >= 0.6 is 0 Å². The molecule has 1 aliphatic heterocycles. The Bertz CT molecular complexity index is 2300. The van der Waals surface area contributed by atoms with E-state index in [1.807, 2.05) is 12.3 Å². The number of allylic oxidation sites excluding steroid dienone is 2. The molecule has 9 rings (SSSR count). The van der Waals surface area contributed by atoms with Gasteiger partial charge in [0.15, 0.2) is 0 Å². The quantitative estimate of drug-likeness (QED) is 0.209. The molecule has 2 aromatic heterocycles. The lowest BCUT2D eigenvalue weighted by atomic mass is 9.75. The van der Waals surface area contributed by atoms with Gasteiger partial charge in [0.05, 0.1) is 27.8 Å². The SMILES string of the molecule is CC12C=CC=CC1c1ccccc1-c1ccccc1N2c1ccc(-c2nc3ccccc3n2-c2cccc3ncccc23)cc1. The molecule has 0 radical (unpaired) electrons. The van der Waals surface area contributed by atoms with Crippen LogP contribution in [0.4, 0.5) is 11.4 Å². The van der Waals surface area contributed by atoms with Crippen LogP contribution in [0.2, 0.25) is 0 Å². The predicted molar refractivity (Wildman–Crippen MR) is 185 cm³/mol. The summed E-state index contributed by atoms with van der Waals surface area (Å²) in [4.78, 5) is 12.3. The molecule has 0 fully saturated rings. The van der Waals surface area contributed by atoms with Crippen LogP contribution in [-0.2, 0) is 0 Å². The summed E-state index contributed by atoms with van der Waals surface area (Å²) in [6.45, 7) is 2.36. The average Bonchev–Trinajstić information content (AvgIpc) is 3.44. The summed E-state index contributed by atoms with van der Waals surface area (Å²) in [7, 11) is 0. The molecular weight excluding hydrogens is 548 g/mol. The number of para-hydroxylation sites is 3. The van der Waals surface area contributed by atoms with Crippen molar-refractivity contribution in [2.45, 2.75) is 18.4 Å². The molecule has 2 atom stereocenters. The first-order chi connectivity index (χ1) is 22.2. The number of benzene rings is 5. The molecule has 0 saturated carbocycles. The van der Waals surface area contributed by atoms with Gasteiger partial charge in [-0.15, -0.1) is 0 Å². The number of aromatic nitrogens is 3. The van der Waals surface area contributed by atoms with Gasteiger partial charge in [-0.3, -0.25) is 9.55 Å². The fourth-order valence-electron chi connectivity index (χ4n) is 7.45. The number of pyridine rings is 1. The molecule has 2 unspecified atom stereocenters. The number of fused-ring (bicyclic) bond motifs is 7. The van der Waals surface area contributed by atoms with Gasteiger partial charge in [0, 0.05) is 40.0 Å². The van der Waals surface area contributed by atoms with E-state index in [2.05, 4.69) is 167 Å². The van der Waals surface area contributed by atoms with Crippen molar-refractivity contribution in [3.63, 3.8) is 0 Å². The monoisotopic (exact) mass is 578 g/mol. The smallest absolute Gasteiger partial charge is 0.145 e. The van der Waals surface area contributed by atoms with E-state index in [0.717, 1.165) is 44.7 Å². The third-order valence-electron chi connectivity index (χ3n) is 9.50. The van der Waals surface area contributed by atoms with Crippen LogP contribution in [0.1, 0.15) is 18.4 Å². The van der Waals surface area contributed by atoms with Crippen LogP contribution < -0.4 is 4.90 Å². The highest BCUT2D eigenvalue weighted by Crippen LogP contribution is 2.52. The van der Waals surface area contributed by atoms with Crippen molar-refractivity contribution in [3.05, 3.63) is 163 Å². The topological polar surface area (TPSA) is 34.0 Å². The van der Waals surface area contributed by atoms with Gasteiger partial charge in [0.2, 0.25) is 0 Å². The van der Waals surface area contributed by atoms with E-state index in [1.165, 1.54) is 22.4 Å². The van der Waals surface area contributed by atoms with E-state index in [0.29, 0.717) is 0 Å². The minimum Gasteiger partial charge on any atom is -0.331 e. The van der Waals surface area contributed by atoms with Crippen LogP contribution in [0.15, 0.2) is 158 Å². The van der Waals surface area contributed by atoms with Crippen molar-refractivity contribution >= 4 is 33.3 Å². The lowest BCUT2D eigenvalue weighted by Gasteiger charge is -2.45. The van der Waals surface area contributed by atoms with Crippen molar-refractivity contribution in [2.75, 3.05) is 4.90 Å². The van der Waals surface area contributed by atoms with Crippen molar-refractivity contribution in [1.29, 1.82) is 0 Å². The second-order valence-corrected chi connectivity index (χ2v) is 12.0. The molecule has 4 nitrogen and oxygen atoms in total. The lowest BCUT2D eigenvalue weighted by Crippen LogP contribution is -2.46. The van der Waals surface area contributed by atoms with Crippen molar-refractivity contribution < 1.29 is 0 Å². The molecule has 0 bridgehead atoms. The molecule has 1 aliphatic carbocycles. The first-order valence-electron chi connectivity index (χ1n) is 15.5. The van der Waals surface area contributed by atoms with Gasteiger partial charge in [0.25, 0.3) is 0 Å². The highest BCUT2D eigenvalue weighted by atomic mass is 15.2. The van der Waals surface area contributed by atoms with E-state index in [9.17, 15) is 0 Å². The number of nitrogens with zero attached hydrogens (tertiary/aromatic N) is 4. The summed E-state index contributed by atoms with van der Waals surface area (Å²) in [6, 6.07) is 45.4.